The molecule has 0 amide bonds. The van der Waals surface area contributed by atoms with Gasteiger partial charge in [0.1, 0.15) is 0 Å². The number of hydrogen-bond acceptors (Lipinski definition) is 1. The Labute approximate surface area is 102 Å². The van der Waals surface area contributed by atoms with Crippen molar-refractivity contribution in [3.8, 4) is 0 Å². The van der Waals surface area contributed by atoms with Crippen molar-refractivity contribution in [3.63, 3.8) is 0 Å². The standard InChI is InChI=1S/C12H9BrClN/c13-9-5-1-4-8-11(14)7-3-2-6-10(7)15-12(8)9/h1,4-5H,2-3,6H2. The molecule has 1 aliphatic rings. The Morgan fingerprint density at radius 3 is 3.00 bits per heavy atom. The number of pyridine rings is 1. The van der Waals surface area contributed by atoms with Crippen LogP contribution in [-0.4, -0.2) is 4.98 Å². The van der Waals surface area contributed by atoms with Crippen LogP contribution in [0.25, 0.3) is 10.9 Å². The van der Waals surface area contributed by atoms with Gasteiger partial charge in [0.15, 0.2) is 0 Å². The first-order valence-corrected chi connectivity index (χ1v) is 6.20. The van der Waals surface area contributed by atoms with E-state index in [2.05, 4.69) is 20.9 Å². The number of nitrogens with zero attached hydrogens (tertiary/aromatic N) is 1. The number of aromatic nitrogens is 1. The van der Waals surface area contributed by atoms with Crippen LogP contribution in [0, 0.1) is 0 Å². The number of benzene rings is 1. The summed E-state index contributed by atoms with van der Waals surface area (Å²) in [6.45, 7) is 0. The first-order valence-electron chi connectivity index (χ1n) is 5.03. The summed E-state index contributed by atoms with van der Waals surface area (Å²) in [5.41, 5.74) is 3.42. The molecule has 1 nitrogen and oxygen atoms in total. The highest BCUT2D eigenvalue weighted by atomic mass is 79.9. The molecule has 0 bridgehead atoms. The van der Waals surface area contributed by atoms with Crippen LogP contribution in [0.5, 0.6) is 0 Å². The molecule has 1 aliphatic carbocycles. The second kappa shape index (κ2) is 3.46. The molecule has 0 fully saturated rings. The Balaban J connectivity index is 2.46. The van der Waals surface area contributed by atoms with Crippen LogP contribution in [0.3, 0.4) is 0 Å². The van der Waals surface area contributed by atoms with Gasteiger partial charge in [-0.1, -0.05) is 23.7 Å². The van der Waals surface area contributed by atoms with Crippen molar-refractivity contribution in [3.05, 3.63) is 39.0 Å². The zero-order valence-electron chi connectivity index (χ0n) is 8.06. The maximum Gasteiger partial charge on any atom is 0.0862 e. The fourth-order valence-corrected chi connectivity index (χ4v) is 3.00. The minimum atomic E-state index is 0.897. The molecule has 15 heavy (non-hydrogen) atoms. The molecule has 0 aliphatic heterocycles. The zero-order chi connectivity index (χ0) is 10.4. The minimum Gasteiger partial charge on any atom is -0.251 e. The normalized spacial score (nSPS) is 14.5. The lowest BCUT2D eigenvalue weighted by molar-refractivity contribution is 0.901. The highest BCUT2D eigenvalue weighted by molar-refractivity contribution is 9.10. The predicted molar refractivity (Wildman–Crippen MR) is 66.5 cm³/mol. The minimum absolute atomic E-state index is 0.897. The lowest BCUT2D eigenvalue weighted by atomic mass is 10.1. The van der Waals surface area contributed by atoms with Gasteiger partial charge in [-0.2, -0.15) is 0 Å². The summed E-state index contributed by atoms with van der Waals surface area (Å²) in [5.74, 6) is 0. The van der Waals surface area contributed by atoms with Gasteiger partial charge in [0.25, 0.3) is 0 Å². The number of fused-ring (bicyclic) bond motifs is 2. The van der Waals surface area contributed by atoms with E-state index in [1.54, 1.807) is 0 Å². The Kier molecular flexibility index (Phi) is 2.22. The van der Waals surface area contributed by atoms with E-state index in [0.29, 0.717) is 0 Å². The summed E-state index contributed by atoms with van der Waals surface area (Å²) in [4.78, 5) is 4.68. The van der Waals surface area contributed by atoms with Crippen molar-refractivity contribution < 1.29 is 0 Å². The van der Waals surface area contributed by atoms with Gasteiger partial charge in [-0.3, -0.25) is 4.98 Å². The van der Waals surface area contributed by atoms with E-state index >= 15 is 0 Å². The van der Waals surface area contributed by atoms with E-state index in [-0.39, 0.29) is 0 Å². The van der Waals surface area contributed by atoms with Crippen LogP contribution in [0.1, 0.15) is 17.7 Å². The van der Waals surface area contributed by atoms with E-state index in [4.69, 9.17) is 11.6 Å². The Hall–Kier alpha value is -0.600. The highest BCUT2D eigenvalue weighted by Crippen LogP contribution is 2.35. The maximum atomic E-state index is 6.40. The molecule has 0 unspecified atom stereocenters. The second-order valence-corrected chi connectivity index (χ2v) is 5.07. The summed E-state index contributed by atoms with van der Waals surface area (Å²) < 4.78 is 1.02. The van der Waals surface area contributed by atoms with E-state index < -0.39 is 0 Å². The first-order chi connectivity index (χ1) is 7.27. The fraction of sp³-hybridized carbons (Fsp3) is 0.250. The number of aryl methyl sites for hydroxylation is 1. The number of rotatable bonds is 0. The summed E-state index contributed by atoms with van der Waals surface area (Å²) in [7, 11) is 0. The lowest BCUT2D eigenvalue weighted by Gasteiger charge is -2.07. The molecule has 76 valence electrons. The quantitative estimate of drug-likeness (QED) is 0.708. The first kappa shape index (κ1) is 9.61. The molecular weight excluding hydrogens is 273 g/mol. The van der Waals surface area contributed by atoms with Crippen molar-refractivity contribution in [1.82, 2.24) is 4.98 Å². The van der Waals surface area contributed by atoms with Crippen LogP contribution >= 0.6 is 27.5 Å². The number of hydrogen-bond donors (Lipinski definition) is 0. The van der Waals surface area contributed by atoms with Crippen molar-refractivity contribution in [1.29, 1.82) is 0 Å². The molecule has 3 rings (SSSR count). The highest BCUT2D eigenvalue weighted by Gasteiger charge is 2.18. The van der Waals surface area contributed by atoms with Crippen molar-refractivity contribution >= 4 is 38.4 Å². The fourth-order valence-electron chi connectivity index (χ4n) is 2.19. The smallest absolute Gasteiger partial charge is 0.0862 e. The van der Waals surface area contributed by atoms with Gasteiger partial charge in [0.2, 0.25) is 0 Å². The maximum absolute atomic E-state index is 6.40. The number of halogens is 2. The molecule has 3 heteroatoms. The molecule has 1 heterocycles. The van der Waals surface area contributed by atoms with Crippen molar-refractivity contribution in [2.75, 3.05) is 0 Å². The molecule has 1 aromatic heterocycles. The molecule has 0 saturated heterocycles. The molecule has 0 N–H and O–H groups in total. The van der Waals surface area contributed by atoms with Gasteiger partial charge in [0, 0.05) is 15.6 Å². The summed E-state index contributed by atoms with van der Waals surface area (Å²) in [6, 6.07) is 6.04. The Bertz CT molecular complexity index is 551. The van der Waals surface area contributed by atoms with Crippen molar-refractivity contribution in [2.24, 2.45) is 0 Å². The van der Waals surface area contributed by atoms with E-state index in [0.717, 1.165) is 33.2 Å². The third-order valence-electron chi connectivity index (χ3n) is 2.92. The van der Waals surface area contributed by atoms with Gasteiger partial charge in [0.05, 0.1) is 10.5 Å². The van der Waals surface area contributed by atoms with Crippen LogP contribution in [-0.2, 0) is 12.8 Å². The molecule has 1 aromatic carbocycles. The Morgan fingerprint density at radius 1 is 1.27 bits per heavy atom. The summed E-state index contributed by atoms with van der Waals surface area (Å²) in [6.07, 6.45) is 3.31. The average Bonchev–Trinajstić information content (AvgIpc) is 2.68. The van der Waals surface area contributed by atoms with Crippen LogP contribution in [0.15, 0.2) is 22.7 Å². The molecule has 0 radical (unpaired) electrons. The monoisotopic (exact) mass is 281 g/mol. The molecule has 0 spiro atoms. The summed E-state index contributed by atoms with van der Waals surface area (Å²) in [5, 5.41) is 1.96. The molecule has 0 saturated carbocycles. The SMILES string of the molecule is Clc1c2c(nc3c(Br)cccc13)CCC2. The topological polar surface area (TPSA) is 12.9 Å². The average molecular weight is 283 g/mol. The Morgan fingerprint density at radius 2 is 2.13 bits per heavy atom. The summed E-state index contributed by atoms with van der Waals surface area (Å²) >= 11 is 9.92. The van der Waals surface area contributed by atoms with Crippen LogP contribution in [0.2, 0.25) is 5.02 Å². The third-order valence-corrected chi connectivity index (χ3v) is 4.00. The van der Waals surface area contributed by atoms with E-state index in [1.165, 1.54) is 17.7 Å². The molecule has 2 aromatic rings. The van der Waals surface area contributed by atoms with Crippen molar-refractivity contribution in [2.45, 2.75) is 19.3 Å². The van der Waals surface area contributed by atoms with Gasteiger partial charge < -0.3 is 0 Å². The second-order valence-electron chi connectivity index (χ2n) is 3.84. The number of para-hydroxylation sites is 1. The predicted octanol–water partition coefficient (Wildman–Crippen LogP) is 4.14. The van der Waals surface area contributed by atoms with Gasteiger partial charge in [-0.05, 0) is 46.8 Å². The molecular formula is C12H9BrClN. The van der Waals surface area contributed by atoms with Gasteiger partial charge in [-0.25, -0.2) is 0 Å². The van der Waals surface area contributed by atoms with E-state index in [9.17, 15) is 0 Å². The van der Waals surface area contributed by atoms with E-state index in [1.807, 2.05) is 18.2 Å². The zero-order valence-corrected chi connectivity index (χ0v) is 10.4. The van der Waals surface area contributed by atoms with Crippen LogP contribution < -0.4 is 0 Å². The third kappa shape index (κ3) is 1.39. The van der Waals surface area contributed by atoms with Gasteiger partial charge in [-0.15, -0.1) is 0 Å². The largest absolute Gasteiger partial charge is 0.251 e. The lowest BCUT2D eigenvalue weighted by Crippen LogP contribution is -1.92. The van der Waals surface area contributed by atoms with Crippen LogP contribution in [0.4, 0.5) is 0 Å². The van der Waals surface area contributed by atoms with Gasteiger partial charge >= 0.3 is 0 Å². The molecule has 0 atom stereocenters.